The zero-order valence-corrected chi connectivity index (χ0v) is 18.8. The fraction of sp³-hybridized carbons (Fsp3) is 0.346. The molecule has 1 aromatic heterocycles. The molecule has 31 heavy (non-hydrogen) atoms. The van der Waals surface area contributed by atoms with Gasteiger partial charge in [0.2, 0.25) is 0 Å². The van der Waals surface area contributed by atoms with Crippen LogP contribution in [0.4, 0.5) is 0 Å². The summed E-state index contributed by atoms with van der Waals surface area (Å²) in [6.07, 6.45) is 3.07. The molecule has 1 aliphatic heterocycles. The van der Waals surface area contributed by atoms with Crippen LogP contribution in [0.3, 0.4) is 0 Å². The lowest BCUT2D eigenvalue weighted by atomic mass is 10.1. The molecule has 0 aliphatic carbocycles. The summed E-state index contributed by atoms with van der Waals surface area (Å²) in [4.78, 5) is 15.2. The first-order chi connectivity index (χ1) is 15.2. The zero-order valence-electron chi connectivity index (χ0n) is 18.0. The van der Waals surface area contributed by atoms with Gasteiger partial charge in [-0.2, -0.15) is 11.3 Å². The van der Waals surface area contributed by atoms with Gasteiger partial charge in [0.1, 0.15) is 5.75 Å². The van der Waals surface area contributed by atoms with E-state index < -0.39 is 0 Å². The topological polar surface area (TPSA) is 38.8 Å². The highest BCUT2D eigenvalue weighted by Crippen LogP contribution is 2.20. The van der Waals surface area contributed by atoms with E-state index in [0.29, 0.717) is 25.3 Å². The van der Waals surface area contributed by atoms with Gasteiger partial charge >= 0.3 is 0 Å². The summed E-state index contributed by atoms with van der Waals surface area (Å²) in [6, 6.07) is 18.0. The van der Waals surface area contributed by atoms with Crippen molar-refractivity contribution in [3.05, 3.63) is 87.6 Å². The lowest BCUT2D eigenvalue weighted by Crippen LogP contribution is -2.37. The van der Waals surface area contributed by atoms with Crippen LogP contribution in [-0.2, 0) is 17.7 Å². The molecular formula is C26H29NO3S. The van der Waals surface area contributed by atoms with Gasteiger partial charge in [0.05, 0.1) is 12.7 Å². The molecule has 1 atom stereocenters. The molecule has 0 bridgehead atoms. The normalized spacial score (nSPS) is 15.7. The Balaban J connectivity index is 1.43. The van der Waals surface area contributed by atoms with Gasteiger partial charge in [-0.15, -0.1) is 0 Å². The van der Waals surface area contributed by atoms with Crippen LogP contribution in [0.25, 0.3) is 0 Å². The second-order valence-electron chi connectivity index (χ2n) is 8.06. The third-order valence-electron chi connectivity index (χ3n) is 5.55. The van der Waals surface area contributed by atoms with Gasteiger partial charge in [-0.1, -0.05) is 29.8 Å². The fourth-order valence-electron chi connectivity index (χ4n) is 3.81. The number of ether oxygens (including phenoxy) is 2. The Kier molecular flexibility index (Phi) is 7.39. The largest absolute Gasteiger partial charge is 0.493 e. The van der Waals surface area contributed by atoms with Crippen molar-refractivity contribution in [1.29, 1.82) is 0 Å². The summed E-state index contributed by atoms with van der Waals surface area (Å²) in [5.41, 5.74) is 4.22. The van der Waals surface area contributed by atoms with Crippen LogP contribution in [0.5, 0.6) is 5.75 Å². The van der Waals surface area contributed by atoms with Gasteiger partial charge in [0, 0.05) is 31.7 Å². The van der Waals surface area contributed by atoms with Crippen molar-refractivity contribution in [2.24, 2.45) is 0 Å². The molecule has 1 aliphatic rings. The number of rotatable bonds is 9. The number of carbonyl (C=O) groups excluding carboxylic acids is 1. The molecule has 2 aromatic carbocycles. The Morgan fingerprint density at radius 1 is 1.16 bits per heavy atom. The number of carbonyl (C=O) groups is 1. The number of thiophene rings is 1. The first kappa shape index (κ1) is 21.6. The van der Waals surface area contributed by atoms with E-state index in [0.717, 1.165) is 42.7 Å². The van der Waals surface area contributed by atoms with E-state index >= 15 is 0 Å². The summed E-state index contributed by atoms with van der Waals surface area (Å²) in [6.45, 7) is 4.60. The van der Waals surface area contributed by atoms with Gasteiger partial charge in [0.25, 0.3) is 5.91 Å². The molecule has 5 heteroatoms. The molecule has 0 radical (unpaired) electrons. The summed E-state index contributed by atoms with van der Waals surface area (Å²) in [5, 5.41) is 4.24. The van der Waals surface area contributed by atoms with Crippen molar-refractivity contribution in [1.82, 2.24) is 4.90 Å². The Morgan fingerprint density at radius 2 is 2.03 bits per heavy atom. The maximum atomic E-state index is 13.3. The number of benzene rings is 2. The van der Waals surface area contributed by atoms with E-state index in [1.165, 1.54) is 5.56 Å². The van der Waals surface area contributed by atoms with Crippen molar-refractivity contribution in [3.63, 3.8) is 0 Å². The SMILES string of the molecule is Cc1ccc(C(=O)N(Cc2cccc(OCCc3ccsc3)c2)CC2CCCO2)cc1. The quantitative estimate of drug-likeness (QED) is 0.445. The summed E-state index contributed by atoms with van der Waals surface area (Å²) < 4.78 is 11.8. The molecule has 162 valence electrons. The average molecular weight is 436 g/mol. The molecule has 0 N–H and O–H groups in total. The number of hydrogen-bond acceptors (Lipinski definition) is 4. The van der Waals surface area contributed by atoms with Crippen LogP contribution in [-0.4, -0.2) is 36.7 Å². The summed E-state index contributed by atoms with van der Waals surface area (Å²) in [5.74, 6) is 0.881. The van der Waals surface area contributed by atoms with Crippen LogP contribution in [0.15, 0.2) is 65.4 Å². The minimum absolute atomic E-state index is 0.0410. The van der Waals surface area contributed by atoms with Gasteiger partial charge < -0.3 is 14.4 Å². The monoisotopic (exact) mass is 435 g/mol. The fourth-order valence-corrected chi connectivity index (χ4v) is 4.51. The Labute approximate surface area is 188 Å². The molecule has 4 rings (SSSR count). The minimum Gasteiger partial charge on any atom is -0.493 e. The van der Waals surface area contributed by atoms with Gasteiger partial charge in [-0.05, 0) is 72.0 Å². The van der Waals surface area contributed by atoms with E-state index in [1.54, 1.807) is 11.3 Å². The molecule has 1 amide bonds. The summed E-state index contributed by atoms with van der Waals surface area (Å²) >= 11 is 1.71. The Bertz CT molecular complexity index is 963. The molecule has 1 unspecified atom stereocenters. The maximum absolute atomic E-state index is 13.3. The number of nitrogens with zero attached hydrogens (tertiary/aromatic N) is 1. The van der Waals surface area contributed by atoms with Gasteiger partial charge in [-0.25, -0.2) is 0 Å². The smallest absolute Gasteiger partial charge is 0.254 e. The zero-order chi connectivity index (χ0) is 21.5. The van der Waals surface area contributed by atoms with Crippen molar-refractivity contribution in [2.45, 2.75) is 38.8 Å². The van der Waals surface area contributed by atoms with E-state index in [2.05, 4.69) is 22.9 Å². The molecule has 3 aromatic rings. The van der Waals surface area contributed by atoms with Crippen molar-refractivity contribution >= 4 is 17.2 Å². The second-order valence-corrected chi connectivity index (χ2v) is 8.84. The molecule has 0 saturated carbocycles. The van der Waals surface area contributed by atoms with Crippen LogP contribution in [0.1, 0.15) is 39.9 Å². The molecule has 0 spiro atoms. The lowest BCUT2D eigenvalue weighted by Gasteiger charge is -2.26. The standard InChI is InChI=1S/C26H29NO3S/c1-20-7-9-23(10-8-20)26(28)27(18-25-6-3-13-29-25)17-22-4-2-5-24(16-22)30-14-11-21-12-15-31-19-21/h2,4-5,7-10,12,15-16,19,25H,3,6,11,13-14,17-18H2,1H3. The highest BCUT2D eigenvalue weighted by molar-refractivity contribution is 7.07. The van der Waals surface area contributed by atoms with Crippen molar-refractivity contribution in [3.8, 4) is 5.75 Å². The second kappa shape index (κ2) is 10.6. The van der Waals surface area contributed by atoms with Crippen LogP contribution in [0.2, 0.25) is 0 Å². The molecular weight excluding hydrogens is 406 g/mol. The van der Waals surface area contributed by atoms with Crippen LogP contribution < -0.4 is 4.74 Å². The minimum atomic E-state index is 0.0410. The van der Waals surface area contributed by atoms with E-state index in [4.69, 9.17) is 9.47 Å². The van der Waals surface area contributed by atoms with Crippen LogP contribution in [0, 0.1) is 6.92 Å². The van der Waals surface area contributed by atoms with E-state index in [9.17, 15) is 4.79 Å². The molecule has 2 heterocycles. The first-order valence-electron chi connectivity index (χ1n) is 10.9. The number of amides is 1. The lowest BCUT2D eigenvalue weighted by molar-refractivity contribution is 0.0507. The highest BCUT2D eigenvalue weighted by Gasteiger charge is 2.23. The predicted octanol–water partition coefficient (Wildman–Crippen LogP) is 5.50. The van der Waals surface area contributed by atoms with Crippen LogP contribution >= 0.6 is 11.3 Å². The predicted molar refractivity (Wildman–Crippen MR) is 125 cm³/mol. The van der Waals surface area contributed by atoms with E-state index in [1.807, 2.05) is 54.3 Å². The third kappa shape index (κ3) is 6.18. The first-order valence-corrected chi connectivity index (χ1v) is 11.8. The number of hydrogen-bond donors (Lipinski definition) is 0. The highest BCUT2D eigenvalue weighted by atomic mass is 32.1. The van der Waals surface area contributed by atoms with Crippen molar-refractivity contribution < 1.29 is 14.3 Å². The summed E-state index contributed by atoms with van der Waals surface area (Å²) in [7, 11) is 0. The third-order valence-corrected chi connectivity index (χ3v) is 6.28. The Hall–Kier alpha value is -2.63. The average Bonchev–Trinajstić information content (AvgIpc) is 3.48. The Morgan fingerprint density at radius 3 is 2.77 bits per heavy atom. The molecule has 1 saturated heterocycles. The maximum Gasteiger partial charge on any atom is 0.254 e. The molecule has 4 nitrogen and oxygen atoms in total. The van der Waals surface area contributed by atoms with E-state index in [-0.39, 0.29) is 12.0 Å². The van der Waals surface area contributed by atoms with Gasteiger partial charge in [-0.3, -0.25) is 4.79 Å². The van der Waals surface area contributed by atoms with Crippen molar-refractivity contribution in [2.75, 3.05) is 19.8 Å². The molecule has 1 fully saturated rings. The number of aryl methyl sites for hydroxylation is 1. The van der Waals surface area contributed by atoms with Gasteiger partial charge in [0.15, 0.2) is 0 Å².